The van der Waals surface area contributed by atoms with Gasteiger partial charge in [-0.2, -0.15) is 0 Å². The van der Waals surface area contributed by atoms with Gasteiger partial charge in [0, 0.05) is 31.5 Å². The van der Waals surface area contributed by atoms with Gasteiger partial charge in [-0.15, -0.1) is 0 Å². The van der Waals surface area contributed by atoms with Gasteiger partial charge in [-0.3, -0.25) is 9.69 Å². The van der Waals surface area contributed by atoms with Gasteiger partial charge in [-0.05, 0) is 30.2 Å². The van der Waals surface area contributed by atoms with Crippen molar-refractivity contribution in [2.45, 2.75) is 52.6 Å². The minimum Gasteiger partial charge on any atom is -0.310 e. The van der Waals surface area contributed by atoms with Crippen LogP contribution in [0.15, 0.2) is 23.0 Å². The summed E-state index contributed by atoms with van der Waals surface area (Å²) in [4.78, 5) is 22.3. The number of H-pyrrole nitrogens is 1. The standard InChI is InChI=1S/C19H24FN3O/c1-12-9-14(20)6-5-13(12)10-23-8-7-16-15(11-23)17(24)22-18(21-16)19(2,3)4/h5-6,9H,7-8,10-11H2,1-4H3,(H,21,22,24). The van der Waals surface area contributed by atoms with Crippen LogP contribution in [-0.4, -0.2) is 21.4 Å². The Morgan fingerprint density at radius 2 is 2.08 bits per heavy atom. The monoisotopic (exact) mass is 329 g/mol. The van der Waals surface area contributed by atoms with Crippen LogP contribution >= 0.6 is 0 Å². The van der Waals surface area contributed by atoms with Gasteiger partial charge in [-0.1, -0.05) is 26.8 Å². The van der Waals surface area contributed by atoms with Crippen LogP contribution in [0.4, 0.5) is 4.39 Å². The largest absolute Gasteiger partial charge is 0.310 e. The van der Waals surface area contributed by atoms with E-state index in [9.17, 15) is 9.18 Å². The topological polar surface area (TPSA) is 49.0 Å². The lowest BCUT2D eigenvalue weighted by Gasteiger charge is -2.29. The number of hydrogen-bond donors (Lipinski definition) is 1. The second-order valence-electron chi connectivity index (χ2n) is 7.62. The molecule has 1 aromatic carbocycles. The fraction of sp³-hybridized carbons (Fsp3) is 0.474. The lowest BCUT2D eigenvalue weighted by Crippen LogP contribution is -2.37. The maximum Gasteiger partial charge on any atom is 0.255 e. The SMILES string of the molecule is Cc1cc(F)ccc1CN1CCc2nc(C(C)(C)C)[nH]c(=O)c2C1. The van der Waals surface area contributed by atoms with E-state index in [0.717, 1.165) is 41.2 Å². The summed E-state index contributed by atoms with van der Waals surface area (Å²) in [6.45, 7) is 10.2. The summed E-state index contributed by atoms with van der Waals surface area (Å²) in [5.74, 6) is 0.532. The molecule has 0 spiro atoms. The van der Waals surface area contributed by atoms with Gasteiger partial charge in [0.25, 0.3) is 5.56 Å². The molecule has 4 nitrogen and oxygen atoms in total. The summed E-state index contributed by atoms with van der Waals surface area (Å²) in [6.07, 6.45) is 0.766. The first-order chi connectivity index (χ1) is 11.2. The second kappa shape index (κ2) is 6.13. The Morgan fingerprint density at radius 1 is 1.33 bits per heavy atom. The van der Waals surface area contributed by atoms with Crippen LogP contribution in [0.3, 0.4) is 0 Å². The summed E-state index contributed by atoms with van der Waals surface area (Å²) in [5.41, 5.74) is 3.50. The molecule has 0 saturated heterocycles. The number of rotatable bonds is 2. The van der Waals surface area contributed by atoms with Gasteiger partial charge >= 0.3 is 0 Å². The molecule has 128 valence electrons. The first kappa shape index (κ1) is 16.8. The fourth-order valence-electron chi connectivity index (χ4n) is 3.05. The van der Waals surface area contributed by atoms with Crippen LogP contribution in [-0.2, 0) is 24.9 Å². The highest BCUT2D eigenvalue weighted by molar-refractivity contribution is 5.28. The third-order valence-corrected chi connectivity index (χ3v) is 4.56. The molecule has 0 amide bonds. The van der Waals surface area contributed by atoms with Gasteiger partial charge < -0.3 is 4.98 Å². The lowest BCUT2D eigenvalue weighted by atomic mass is 9.95. The molecule has 2 aromatic rings. The quantitative estimate of drug-likeness (QED) is 0.921. The molecule has 3 rings (SSSR count). The van der Waals surface area contributed by atoms with Crippen LogP contribution in [0.1, 0.15) is 49.0 Å². The molecule has 0 fully saturated rings. The molecule has 1 aliphatic rings. The highest BCUT2D eigenvalue weighted by Crippen LogP contribution is 2.22. The Labute approximate surface area is 141 Å². The van der Waals surface area contributed by atoms with Crippen LogP contribution in [0.25, 0.3) is 0 Å². The third-order valence-electron chi connectivity index (χ3n) is 4.56. The first-order valence-electron chi connectivity index (χ1n) is 8.34. The minimum atomic E-state index is -0.212. The maximum atomic E-state index is 13.2. The van der Waals surface area contributed by atoms with Crippen molar-refractivity contribution >= 4 is 0 Å². The highest BCUT2D eigenvalue weighted by atomic mass is 19.1. The number of aromatic amines is 1. The molecule has 0 aliphatic carbocycles. The zero-order valence-electron chi connectivity index (χ0n) is 14.7. The number of fused-ring (bicyclic) bond motifs is 1. The number of halogens is 1. The van der Waals surface area contributed by atoms with E-state index in [-0.39, 0.29) is 16.8 Å². The predicted octanol–water partition coefficient (Wildman–Crippen LogP) is 3.07. The summed E-state index contributed by atoms with van der Waals surface area (Å²) >= 11 is 0. The van der Waals surface area contributed by atoms with Crippen LogP contribution in [0.2, 0.25) is 0 Å². The van der Waals surface area contributed by atoms with Crippen LogP contribution in [0, 0.1) is 12.7 Å². The van der Waals surface area contributed by atoms with Crippen molar-refractivity contribution in [2.75, 3.05) is 6.54 Å². The molecular formula is C19H24FN3O. The summed E-state index contributed by atoms with van der Waals surface area (Å²) in [7, 11) is 0. The van der Waals surface area contributed by atoms with Crippen molar-refractivity contribution in [1.29, 1.82) is 0 Å². The summed E-state index contributed by atoms with van der Waals surface area (Å²) < 4.78 is 13.2. The molecule has 1 aliphatic heterocycles. The molecule has 2 heterocycles. The molecule has 0 radical (unpaired) electrons. The number of aromatic nitrogens is 2. The van der Waals surface area contributed by atoms with Crippen molar-refractivity contribution < 1.29 is 4.39 Å². The fourth-order valence-corrected chi connectivity index (χ4v) is 3.05. The molecule has 0 bridgehead atoms. The Balaban J connectivity index is 1.83. The lowest BCUT2D eigenvalue weighted by molar-refractivity contribution is 0.240. The Bertz CT molecular complexity index is 820. The van der Waals surface area contributed by atoms with Gasteiger partial charge in [0.15, 0.2) is 0 Å². The molecule has 24 heavy (non-hydrogen) atoms. The van der Waals surface area contributed by atoms with E-state index in [1.54, 1.807) is 6.07 Å². The van der Waals surface area contributed by atoms with E-state index in [4.69, 9.17) is 0 Å². The molecule has 5 heteroatoms. The summed E-state index contributed by atoms with van der Waals surface area (Å²) in [6, 6.07) is 4.87. The average molecular weight is 329 g/mol. The molecule has 1 N–H and O–H groups in total. The third kappa shape index (κ3) is 3.41. The number of hydrogen-bond acceptors (Lipinski definition) is 3. The number of nitrogens with zero attached hydrogens (tertiary/aromatic N) is 2. The zero-order valence-corrected chi connectivity index (χ0v) is 14.7. The Hall–Kier alpha value is -2.01. The van der Waals surface area contributed by atoms with Gasteiger partial charge in [0.2, 0.25) is 0 Å². The molecule has 1 aromatic heterocycles. The number of aryl methyl sites for hydroxylation is 1. The van der Waals surface area contributed by atoms with Gasteiger partial charge in [-0.25, -0.2) is 9.37 Å². The van der Waals surface area contributed by atoms with E-state index in [1.165, 1.54) is 6.07 Å². The maximum absolute atomic E-state index is 13.2. The normalized spacial score (nSPS) is 15.4. The van der Waals surface area contributed by atoms with E-state index in [2.05, 4.69) is 14.9 Å². The van der Waals surface area contributed by atoms with Crippen LogP contribution in [0.5, 0.6) is 0 Å². The average Bonchev–Trinajstić information content (AvgIpc) is 2.49. The molecule has 0 saturated carbocycles. The molecular weight excluding hydrogens is 305 g/mol. The van der Waals surface area contributed by atoms with Gasteiger partial charge in [0.05, 0.1) is 11.3 Å². The van der Waals surface area contributed by atoms with E-state index < -0.39 is 0 Å². The molecule has 0 unspecified atom stereocenters. The van der Waals surface area contributed by atoms with Crippen molar-refractivity contribution in [2.24, 2.45) is 0 Å². The van der Waals surface area contributed by atoms with Crippen molar-refractivity contribution in [3.05, 3.63) is 62.6 Å². The molecule has 0 atom stereocenters. The Kier molecular flexibility index (Phi) is 4.30. The first-order valence-corrected chi connectivity index (χ1v) is 8.34. The van der Waals surface area contributed by atoms with Crippen molar-refractivity contribution in [1.82, 2.24) is 14.9 Å². The van der Waals surface area contributed by atoms with E-state index in [1.807, 2.05) is 33.8 Å². The van der Waals surface area contributed by atoms with Crippen molar-refractivity contribution in [3.63, 3.8) is 0 Å². The Morgan fingerprint density at radius 3 is 2.75 bits per heavy atom. The zero-order chi connectivity index (χ0) is 17.5. The van der Waals surface area contributed by atoms with Crippen LogP contribution < -0.4 is 5.56 Å². The predicted molar refractivity (Wildman–Crippen MR) is 92.5 cm³/mol. The van der Waals surface area contributed by atoms with Gasteiger partial charge in [0.1, 0.15) is 11.6 Å². The second-order valence-corrected chi connectivity index (χ2v) is 7.62. The number of benzene rings is 1. The smallest absolute Gasteiger partial charge is 0.255 e. The van der Waals surface area contributed by atoms with Crippen molar-refractivity contribution in [3.8, 4) is 0 Å². The summed E-state index contributed by atoms with van der Waals surface area (Å²) in [5, 5.41) is 0. The van der Waals surface area contributed by atoms with E-state index in [0.29, 0.717) is 13.1 Å². The minimum absolute atomic E-state index is 0.0366. The van der Waals surface area contributed by atoms with E-state index >= 15 is 0 Å². The highest BCUT2D eigenvalue weighted by Gasteiger charge is 2.25. The number of nitrogens with one attached hydrogen (secondary N) is 1.